The molecule has 0 bridgehead atoms. The van der Waals surface area contributed by atoms with E-state index in [1.54, 1.807) is 12.1 Å². The third-order valence-electron chi connectivity index (χ3n) is 4.47. The summed E-state index contributed by atoms with van der Waals surface area (Å²) in [7, 11) is 0. The summed E-state index contributed by atoms with van der Waals surface area (Å²) in [5.41, 5.74) is 10.7. The van der Waals surface area contributed by atoms with Gasteiger partial charge >= 0.3 is 0 Å². The monoisotopic (exact) mass is 305 g/mol. The van der Waals surface area contributed by atoms with Crippen molar-refractivity contribution in [2.75, 3.05) is 5.73 Å². The highest BCUT2D eigenvalue weighted by atomic mass is 19.1. The summed E-state index contributed by atoms with van der Waals surface area (Å²) in [6.45, 7) is 0. The second kappa shape index (κ2) is 6.10. The minimum atomic E-state index is -0.319. The minimum Gasteiger partial charge on any atom is -0.397 e. The van der Waals surface area contributed by atoms with E-state index in [0.29, 0.717) is 11.1 Å². The van der Waals surface area contributed by atoms with Gasteiger partial charge in [0, 0.05) is 5.56 Å². The molecule has 3 rings (SSSR count). The Morgan fingerprint density at radius 1 is 0.870 bits per heavy atom. The van der Waals surface area contributed by atoms with Crippen molar-refractivity contribution in [1.82, 2.24) is 0 Å². The van der Waals surface area contributed by atoms with Crippen LogP contribution in [0.25, 0.3) is 11.1 Å². The highest BCUT2D eigenvalue weighted by Gasteiger charge is 2.24. The van der Waals surface area contributed by atoms with Gasteiger partial charge in [0.05, 0.1) is 16.8 Å². The molecule has 23 heavy (non-hydrogen) atoms. The van der Waals surface area contributed by atoms with E-state index >= 15 is 0 Å². The molecule has 0 amide bonds. The first-order chi connectivity index (χ1) is 11.2. The zero-order chi connectivity index (χ0) is 16.4. The maximum atomic E-state index is 13.3. The summed E-state index contributed by atoms with van der Waals surface area (Å²) in [6.07, 6.45) is 4.72. The lowest BCUT2D eigenvalue weighted by Gasteiger charge is -2.18. The fourth-order valence-corrected chi connectivity index (χ4v) is 3.39. The van der Waals surface area contributed by atoms with Crippen LogP contribution in [0.4, 0.5) is 10.1 Å². The Balaban J connectivity index is 2.38. The third-order valence-corrected chi connectivity index (χ3v) is 4.47. The number of hydrogen-bond donors (Lipinski definition) is 1. The molecular formula is C19H16FN3. The van der Waals surface area contributed by atoms with E-state index in [9.17, 15) is 14.9 Å². The van der Waals surface area contributed by atoms with Gasteiger partial charge in [0.25, 0.3) is 0 Å². The fourth-order valence-electron chi connectivity index (χ4n) is 3.39. The third kappa shape index (κ3) is 2.53. The molecule has 0 fully saturated rings. The lowest BCUT2D eigenvalue weighted by atomic mass is 9.85. The van der Waals surface area contributed by atoms with Gasteiger partial charge in [-0.25, -0.2) is 4.39 Å². The average Bonchev–Trinajstić information content (AvgIpc) is 2.80. The van der Waals surface area contributed by atoms with E-state index < -0.39 is 0 Å². The molecule has 0 aromatic heterocycles. The first-order valence-electron chi connectivity index (χ1n) is 7.70. The van der Waals surface area contributed by atoms with Crippen LogP contribution in [0.1, 0.15) is 41.5 Å². The number of hydrogen-bond acceptors (Lipinski definition) is 3. The number of nitrogens with zero attached hydrogens (tertiary/aromatic N) is 2. The lowest BCUT2D eigenvalue weighted by Crippen LogP contribution is -2.07. The van der Waals surface area contributed by atoms with Gasteiger partial charge in [0.15, 0.2) is 0 Å². The van der Waals surface area contributed by atoms with Crippen molar-refractivity contribution >= 4 is 5.69 Å². The molecule has 2 N–H and O–H groups in total. The van der Waals surface area contributed by atoms with Gasteiger partial charge in [-0.2, -0.15) is 10.5 Å². The molecule has 114 valence electrons. The number of nitrogen functional groups attached to an aromatic ring is 1. The van der Waals surface area contributed by atoms with Gasteiger partial charge in [-0.05, 0) is 54.5 Å². The van der Waals surface area contributed by atoms with E-state index in [2.05, 4.69) is 12.1 Å². The number of nitrogens with two attached hydrogens (primary N) is 1. The molecule has 0 radical (unpaired) electrons. The molecule has 4 heteroatoms. The standard InChI is InChI=1S/C19H16FN3/c20-13-8-6-12(7-9-13)18-15-5-3-1-2-4-14(15)16(10-21)19(23)17(18)11-22/h6-9H,1-5,23H2. The van der Waals surface area contributed by atoms with Crippen LogP contribution < -0.4 is 5.73 Å². The number of benzene rings is 2. The summed E-state index contributed by atoms with van der Waals surface area (Å²) < 4.78 is 13.3. The second-order valence-corrected chi connectivity index (χ2v) is 5.79. The predicted octanol–water partition coefficient (Wildman–Crippen LogP) is 4.09. The largest absolute Gasteiger partial charge is 0.397 e. The Kier molecular flexibility index (Phi) is 4.00. The zero-order valence-electron chi connectivity index (χ0n) is 12.7. The highest BCUT2D eigenvalue weighted by molar-refractivity contribution is 5.85. The van der Waals surface area contributed by atoms with Crippen LogP contribution in [0.5, 0.6) is 0 Å². The average molecular weight is 305 g/mol. The molecular weight excluding hydrogens is 289 g/mol. The van der Waals surface area contributed by atoms with E-state index in [1.165, 1.54) is 12.1 Å². The first-order valence-corrected chi connectivity index (χ1v) is 7.70. The maximum absolute atomic E-state index is 13.3. The van der Waals surface area contributed by atoms with Crippen LogP contribution in [-0.4, -0.2) is 0 Å². The number of rotatable bonds is 1. The van der Waals surface area contributed by atoms with Crippen LogP contribution in [0.2, 0.25) is 0 Å². The number of nitriles is 2. The highest BCUT2D eigenvalue weighted by Crippen LogP contribution is 2.39. The van der Waals surface area contributed by atoms with E-state index in [1.807, 2.05) is 0 Å². The van der Waals surface area contributed by atoms with Crippen LogP contribution in [0.3, 0.4) is 0 Å². The lowest BCUT2D eigenvalue weighted by molar-refractivity contribution is 0.628. The van der Waals surface area contributed by atoms with Crippen LogP contribution in [0.15, 0.2) is 24.3 Å². The summed E-state index contributed by atoms with van der Waals surface area (Å²) in [5.74, 6) is -0.319. The van der Waals surface area contributed by atoms with E-state index in [4.69, 9.17) is 5.73 Å². The number of halogens is 1. The number of fused-ring (bicyclic) bond motifs is 1. The maximum Gasteiger partial charge on any atom is 0.123 e. The Labute approximate surface area is 134 Å². The first kappa shape index (κ1) is 15.1. The van der Waals surface area contributed by atoms with Crippen LogP contribution >= 0.6 is 0 Å². The van der Waals surface area contributed by atoms with Crippen LogP contribution in [-0.2, 0) is 12.8 Å². The van der Waals surface area contributed by atoms with Gasteiger partial charge < -0.3 is 5.73 Å². The topological polar surface area (TPSA) is 73.6 Å². The predicted molar refractivity (Wildman–Crippen MR) is 86.9 cm³/mol. The van der Waals surface area contributed by atoms with Crippen LogP contribution in [0, 0.1) is 28.5 Å². The van der Waals surface area contributed by atoms with E-state index in [-0.39, 0.29) is 11.5 Å². The fraction of sp³-hybridized carbons (Fsp3) is 0.263. The van der Waals surface area contributed by atoms with E-state index in [0.717, 1.165) is 54.4 Å². The molecule has 3 nitrogen and oxygen atoms in total. The summed E-state index contributed by atoms with van der Waals surface area (Å²) >= 11 is 0. The molecule has 0 saturated carbocycles. The molecule has 0 aliphatic heterocycles. The SMILES string of the molecule is N#Cc1c(N)c(C#N)c(-c2ccc(F)cc2)c2c1CCCCC2. The summed E-state index contributed by atoms with van der Waals surface area (Å²) in [4.78, 5) is 0. The summed E-state index contributed by atoms with van der Waals surface area (Å²) in [5, 5.41) is 19.1. The van der Waals surface area contributed by atoms with Crippen molar-refractivity contribution in [1.29, 1.82) is 10.5 Å². The van der Waals surface area contributed by atoms with Crippen molar-refractivity contribution in [2.24, 2.45) is 0 Å². The minimum absolute atomic E-state index is 0.245. The Morgan fingerprint density at radius 3 is 2.09 bits per heavy atom. The smallest absolute Gasteiger partial charge is 0.123 e. The molecule has 2 aromatic carbocycles. The zero-order valence-corrected chi connectivity index (χ0v) is 12.7. The Bertz CT molecular complexity index is 839. The van der Waals surface area contributed by atoms with Crippen molar-refractivity contribution in [3.63, 3.8) is 0 Å². The molecule has 1 aliphatic carbocycles. The number of anilines is 1. The molecule has 2 aromatic rings. The van der Waals surface area contributed by atoms with Crippen molar-refractivity contribution in [3.05, 3.63) is 52.3 Å². The Morgan fingerprint density at radius 2 is 1.48 bits per heavy atom. The van der Waals surface area contributed by atoms with Gasteiger partial charge in [0.1, 0.15) is 18.0 Å². The van der Waals surface area contributed by atoms with Gasteiger partial charge in [-0.3, -0.25) is 0 Å². The molecule has 0 atom stereocenters. The molecule has 0 heterocycles. The van der Waals surface area contributed by atoms with Gasteiger partial charge in [-0.15, -0.1) is 0 Å². The van der Waals surface area contributed by atoms with Crippen molar-refractivity contribution in [2.45, 2.75) is 32.1 Å². The quantitative estimate of drug-likeness (QED) is 0.637. The molecule has 0 unspecified atom stereocenters. The summed E-state index contributed by atoms with van der Waals surface area (Å²) in [6, 6.07) is 10.4. The van der Waals surface area contributed by atoms with Crippen molar-refractivity contribution < 1.29 is 4.39 Å². The second-order valence-electron chi connectivity index (χ2n) is 5.79. The van der Waals surface area contributed by atoms with Crippen molar-refractivity contribution in [3.8, 4) is 23.3 Å². The van der Waals surface area contributed by atoms with Gasteiger partial charge in [-0.1, -0.05) is 18.6 Å². The molecule has 0 spiro atoms. The molecule has 0 saturated heterocycles. The normalized spacial score (nSPS) is 13.5. The molecule has 1 aliphatic rings. The van der Waals surface area contributed by atoms with Gasteiger partial charge in [0.2, 0.25) is 0 Å². The Hall–Kier alpha value is -2.85.